The lowest BCUT2D eigenvalue weighted by Gasteiger charge is -2.33. The minimum absolute atomic E-state index is 0.174. The lowest BCUT2D eigenvalue weighted by Crippen LogP contribution is -2.42. The predicted octanol–water partition coefficient (Wildman–Crippen LogP) is 10.9. The molecule has 5 aromatic rings. The molecule has 8 nitrogen and oxygen atoms in total. The molecule has 2 atom stereocenters. The number of amides is 2. The molecule has 4 N–H and O–H groups in total. The molecular weight excluding hydrogens is 745 g/mol. The van der Waals surface area contributed by atoms with Crippen LogP contribution in [0.1, 0.15) is 128 Å². The Morgan fingerprint density at radius 3 is 1.79 bits per heavy atom. The van der Waals surface area contributed by atoms with Crippen molar-refractivity contribution in [2.75, 3.05) is 0 Å². The molecule has 2 aromatic heterocycles. The topological polar surface area (TPSA) is 116 Å². The van der Waals surface area contributed by atoms with E-state index in [9.17, 15) is 27.2 Å². The fourth-order valence-corrected chi connectivity index (χ4v) is 9.11. The smallest absolute Gasteiger partial charge is 0.248 e. The van der Waals surface area contributed by atoms with Gasteiger partial charge in [0.05, 0.1) is 34.5 Å². The molecule has 0 saturated heterocycles. The number of halogens is 4. The van der Waals surface area contributed by atoms with E-state index in [0.29, 0.717) is 11.6 Å². The zero-order valence-electron chi connectivity index (χ0n) is 34.2. The zero-order valence-corrected chi connectivity index (χ0v) is 34.2. The molecule has 2 fully saturated rings. The number of aryl methyl sites for hydroxylation is 2. The SMILES string of the molecule is CC(C)(C)[C@H](NC(=O)C1CCC(F)(F)CC1)c1nc2c([nH]1)-c1ccc(-c3ccc4c(ccc5nc([C@@H](NC(=O)C6CCC(F)(F)CC6)C(C)(C)C)[nH]c54)c3)cc1CC2. The van der Waals surface area contributed by atoms with Gasteiger partial charge in [0, 0.05) is 48.5 Å². The second-order valence-corrected chi connectivity index (χ2v) is 19.2. The highest BCUT2D eigenvalue weighted by molar-refractivity contribution is 6.05. The number of carbonyl (C=O) groups is 2. The molecule has 8 rings (SSSR count). The second-order valence-electron chi connectivity index (χ2n) is 19.2. The number of H-pyrrole nitrogens is 2. The van der Waals surface area contributed by atoms with Crippen LogP contribution in [0.5, 0.6) is 0 Å². The van der Waals surface area contributed by atoms with Gasteiger partial charge in [-0.05, 0) is 83.6 Å². The number of fused-ring (bicyclic) bond motifs is 6. The van der Waals surface area contributed by atoms with Crippen molar-refractivity contribution in [3.63, 3.8) is 0 Å². The Bertz CT molecular complexity index is 2360. The van der Waals surface area contributed by atoms with Crippen molar-refractivity contribution in [2.45, 2.75) is 130 Å². The molecule has 0 aliphatic heterocycles. The molecule has 2 heterocycles. The number of nitrogens with one attached hydrogen (secondary N) is 4. The third-order valence-corrected chi connectivity index (χ3v) is 12.7. The highest BCUT2D eigenvalue weighted by Gasteiger charge is 2.41. The summed E-state index contributed by atoms with van der Waals surface area (Å²) in [4.78, 5) is 43.6. The van der Waals surface area contributed by atoms with Gasteiger partial charge >= 0.3 is 0 Å². The molecule has 0 spiro atoms. The van der Waals surface area contributed by atoms with Crippen molar-refractivity contribution in [1.29, 1.82) is 0 Å². The molecule has 3 aliphatic rings. The van der Waals surface area contributed by atoms with Gasteiger partial charge in [0.1, 0.15) is 11.6 Å². The van der Waals surface area contributed by atoms with E-state index in [1.165, 1.54) is 5.56 Å². The molecule has 2 saturated carbocycles. The quantitative estimate of drug-likeness (QED) is 0.123. The first-order valence-electron chi connectivity index (χ1n) is 20.8. The second kappa shape index (κ2) is 14.5. The third-order valence-electron chi connectivity index (χ3n) is 12.7. The van der Waals surface area contributed by atoms with E-state index in [2.05, 4.69) is 63.1 Å². The van der Waals surface area contributed by atoms with Crippen molar-refractivity contribution in [1.82, 2.24) is 30.6 Å². The summed E-state index contributed by atoms with van der Waals surface area (Å²) in [6, 6.07) is 16.1. The Balaban J connectivity index is 1.02. The Morgan fingerprint density at radius 2 is 1.22 bits per heavy atom. The summed E-state index contributed by atoms with van der Waals surface area (Å²) in [5.41, 5.74) is 7.23. The fourth-order valence-electron chi connectivity index (χ4n) is 9.11. The van der Waals surface area contributed by atoms with E-state index in [0.717, 1.165) is 62.7 Å². The summed E-state index contributed by atoms with van der Waals surface area (Å²) < 4.78 is 55.2. The van der Waals surface area contributed by atoms with Crippen molar-refractivity contribution in [3.8, 4) is 22.4 Å². The number of rotatable bonds is 7. The molecule has 2 amide bonds. The molecule has 308 valence electrons. The third kappa shape index (κ3) is 8.00. The first-order valence-corrected chi connectivity index (χ1v) is 20.8. The molecule has 58 heavy (non-hydrogen) atoms. The number of benzene rings is 3. The first kappa shape index (κ1) is 40.1. The molecule has 0 unspecified atom stereocenters. The van der Waals surface area contributed by atoms with Gasteiger partial charge in [-0.1, -0.05) is 77.9 Å². The Morgan fingerprint density at radius 1 is 0.690 bits per heavy atom. The normalized spacial score (nSPS) is 19.7. The number of carbonyl (C=O) groups excluding carboxylic acids is 2. The molecular formula is C46H54F4N6O2. The lowest BCUT2D eigenvalue weighted by atomic mass is 9.83. The number of hydrogen-bond acceptors (Lipinski definition) is 4. The Labute approximate surface area is 336 Å². The van der Waals surface area contributed by atoms with Gasteiger partial charge in [-0.25, -0.2) is 27.5 Å². The summed E-state index contributed by atoms with van der Waals surface area (Å²) in [7, 11) is 0. The maximum absolute atomic E-state index is 13.8. The maximum Gasteiger partial charge on any atom is 0.248 e. The zero-order chi connectivity index (χ0) is 41.4. The number of alkyl halides is 4. The Hall–Kier alpha value is -4.74. The predicted molar refractivity (Wildman–Crippen MR) is 219 cm³/mol. The van der Waals surface area contributed by atoms with Crippen LogP contribution in [0.25, 0.3) is 44.2 Å². The largest absolute Gasteiger partial charge is 0.345 e. The highest BCUT2D eigenvalue weighted by Crippen LogP contribution is 2.42. The van der Waals surface area contributed by atoms with E-state index >= 15 is 0 Å². The molecule has 3 aliphatic carbocycles. The molecule has 12 heteroatoms. The summed E-state index contributed by atoms with van der Waals surface area (Å²) in [6.45, 7) is 12.2. The van der Waals surface area contributed by atoms with Gasteiger partial charge in [-0.3, -0.25) is 9.59 Å². The van der Waals surface area contributed by atoms with Gasteiger partial charge in [0.25, 0.3) is 0 Å². The molecule has 0 bridgehead atoms. The summed E-state index contributed by atoms with van der Waals surface area (Å²) in [5.74, 6) is -5.33. The van der Waals surface area contributed by atoms with Crippen LogP contribution in [0.3, 0.4) is 0 Å². The van der Waals surface area contributed by atoms with E-state index in [-0.39, 0.29) is 74.0 Å². The number of imidazole rings is 2. The average Bonchev–Trinajstić information content (AvgIpc) is 3.79. The van der Waals surface area contributed by atoms with Crippen LogP contribution >= 0.6 is 0 Å². The molecule has 0 radical (unpaired) electrons. The van der Waals surface area contributed by atoms with Crippen LogP contribution in [-0.4, -0.2) is 43.6 Å². The summed E-state index contributed by atoms with van der Waals surface area (Å²) in [5, 5.41) is 8.37. The van der Waals surface area contributed by atoms with Crippen molar-refractivity contribution in [3.05, 3.63) is 71.4 Å². The standard InChI is InChI=1S/C46H54F4N6O2/c1-43(2,3)37(55-41(57)25-15-19-45(47,48)20-16-25)39-51-33-13-9-29-23-27(7-11-31(29)35(33)53-39)28-8-12-32-30(24-28)10-14-34-36(32)54-40(52-34)38(44(4,5)6)56-42(58)26-17-21-46(49,50)22-18-26/h7-9,11-13,23-26,37-38H,10,14-22H2,1-6H3,(H,51,53)(H,52,54)(H,55,57)(H,56,58)/t37-,38-/m1/s1. The number of nitrogens with zero attached hydrogens (tertiary/aromatic N) is 2. The van der Waals surface area contributed by atoms with Crippen LogP contribution in [0.15, 0.2) is 48.5 Å². The minimum Gasteiger partial charge on any atom is -0.345 e. The van der Waals surface area contributed by atoms with Crippen LogP contribution in [-0.2, 0) is 22.4 Å². The lowest BCUT2D eigenvalue weighted by molar-refractivity contribution is -0.131. The van der Waals surface area contributed by atoms with Crippen LogP contribution < -0.4 is 10.6 Å². The van der Waals surface area contributed by atoms with Crippen molar-refractivity contribution >= 4 is 33.6 Å². The van der Waals surface area contributed by atoms with Crippen molar-refractivity contribution < 1.29 is 27.2 Å². The van der Waals surface area contributed by atoms with E-state index in [4.69, 9.17) is 9.97 Å². The van der Waals surface area contributed by atoms with Crippen molar-refractivity contribution in [2.24, 2.45) is 22.7 Å². The van der Waals surface area contributed by atoms with Crippen LogP contribution in [0.4, 0.5) is 17.6 Å². The maximum atomic E-state index is 13.8. The van der Waals surface area contributed by atoms with Gasteiger partial charge in [-0.2, -0.15) is 0 Å². The number of aromatic amines is 2. The number of hydrogen-bond donors (Lipinski definition) is 4. The highest BCUT2D eigenvalue weighted by atomic mass is 19.3. The monoisotopic (exact) mass is 798 g/mol. The van der Waals surface area contributed by atoms with E-state index in [1.54, 1.807) is 0 Å². The van der Waals surface area contributed by atoms with Gasteiger partial charge < -0.3 is 20.6 Å². The summed E-state index contributed by atoms with van der Waals surface area (Å²) >= 11 is 0. The van der Waals surface area contributed by atoms with Crippen LogP contribution in [0, 0.1) is 22.7 Å². The van der Waals surface area contributed by atoms with Crippen LogP contribution in [0.2, 0.25) is 0 Å². The van der Waals surface area contributed by atoms with Gasteiger partial charge in [0.2, 0.25) is 23.7 Å². The van der Waals surface area contributed by atoms with E-state index in [1.807, 2.05) is 47.6 Å². The number of aromatic nitrogens is 4. The first-order chi connectivity index (χ1) is 27.2. The minimum atomic E-state index is -2.70. The molecule has 3 aromatic carbocycles. The Kier molecular flexibility index (Phi) is 10.0. The average molecular weight is 799 g/mol. The summed E-state index contributed by atoms with van der Waals surface area (Å²) in [6.07, 6.45) is 1.22. The fraction of sp³-hybridized carbons (Fsp3) is 0.522. The van der Waals surface area contributed by atoms with E-state index < -0.39 is 35.8 Å². The van der Waals surface area contributed by atoms with Gasteiger partial charge in [-0.15, -0.1) is 0 Å². The van der Waals surface area contributed by atoms with Gasteiger partial charge in [0.15, 0.2) is 0 Å².